The average molecular weight is 233 g/mol. The molecule has 0 amide bonds. The molecule has 0 radical (unpaired) electrons. The van der Waals surface area contributed by atoms with Gasteiger partial charge in [-0.2, -0.15) is 15.2 Å². The van der Waals surface area contributed by atoms with Crippen LogP contribution in [-0.2, 0) is 5.54 Å². The van der Waals surface area contributed by atoms with Gasteiger partial charge in [0, 0.05) is 0 Å². The monoisotopic (exact) mass is 233 g/mol. The third-order valence-corrected chi connectivity index (χ3v) is 2.33. The molecule has 0 spiro atoms. The summed E-state index contributed by atoms with van der Waals surface area (Å²) in [4.78, 5) is 4.28. The zero-order valence-corrected chi connectivity index (χ0v) is 10.4. The van der Waals surface area contributed by atoms with Crippen LogP contribution < -0.4 is 5.73 Å². The molecule has 0 unspecified atom stereocenters. The highest BCUT2D eigenvalue weighted by atomic mass is 16.5. The minimum Gasteiger partial charge on any atom is -0.334 e. The standard InChI is InChI=1S/C11H15N5O/c1-6-5-8(7(2)15-14-6)9-13-10(16-17-9)11(3,4)12/h5H,12H2,1-4H3. The van der Waals surface area contributed by atoms with Gasteiger partial charge in [-0.05, 0) is 33.8 Å². The van der Waals surface area contributed by atoms with E-state index in [0.717, 1.165) is 17.0 Å². The molecular formula is C11H15N5O. The fraction of sp³-hybridized carbons (Fsp3) is 0.455. The van der Waals surface area contributed by atoms with Gasteiger partial charge in [0.05, 0.1) is 22.5 Å². The van der Waals surface area contributed by atoms with E-state index in [0.29, 0.717) is 11.7 Å². The summed E-state index contributed by atoms with van der Waals surface area (Å²) in [6, 6.07) is 1.86. The van der Waals surface area contributed by atoms with E-state index in [9.17, 15) is 0 Å². The lowest BCUT2D eigenvalue weighted by molar-refractivity contribution is 0.397. The Bertz CT molecular complexity index is 541. The van der Waals surface area contributed by atoms with Crippen molar-refractivity contribution in [3.63, 3.8) is 0 Å². The van der Waals surface area contributed by atoms with Gasteiger partial charge in [-0.15, -0.1) is 0 Å². The van der Waals surface area contributed by atoms with Gasteiger partial charge in [0.15, 0.2) is 5.82 Å². The molecule has 6 heteroatoms. The molecule has 0 saturated carbocycles. The van der Waals surface area contributed by atoms with E-state index in [-0.39, 0.29) is 0 Å². The fourth-order valence-corrected chi connectivity index (χ4v) is 1.36. The van der Waals surface area contributed by atoms with E-state index in [4.69, 9.17) is 10.3 Å². The summed E-state index contributed by atoms with van der Waals surface area (Å²) < 4.78 is 5.20. The van der Waals surface area contributed by atoms with Crippen molar-refractivity contribution in [2.75, 3.05) is 0 Å². The molecule has 2 N–H and O–H groups in total. The van der Waals surface area contributed by atoms with E-state index >= 15 is 0 Å². The summed E-state index contributed by atoms with van der Waals surface area (Å²) in [7, 11) is 0. The van der Waals surface area contributed by atoms with Crippen LogP contribution in [0.3, 0.4) is 0 Å². The Hall–Kier alpha value is -1.82. The van der Waals surface area contributed by atoms with Gasteiger partial charge in [0.2, 0.25) is 0 Å². The average Bonchev–Trinajstić information content (AvgIpc) is 2.70. The van der Waals surface area contributed by atoms with Crippen LogP contribution in [0.15, 0.2) is 10.6 Å². The van der Waals surface area contributed by atoms with Crippen LogP contribution in [0.4, 0.5) is 0 Å². The number of rotatable bonds is 2. The van der Waals surface area contributed by atoms with Crippen molar-refractivity contribution in [1.29, 1.82) is 0 Å². The predicted octanol–water partition coefficient (Wildman–Crippen LogP) is 1.34. The highest BCUT2D eigenvalue weighted by molar-refractivity contribution is 5.55. The predicted molar refractivity (Wildman–Crippen MR) is 62.0 cm³/mol. The molecule has 17 heavy (non-hydrogen) atoms. The van der Waals surface area contributed by atoms with Crippen molar-refractivity contribution in [3.8, 4) is 11.5 Å². The van der Waals surface area contributed by atoms with E-state index in [1.54, 1.807) is 0 Å². The minimum absolute atomic E-state index is 0.425. The second kappa shape index (κ2) is 3.89. The molecule has 90 valence electrons. The number of nitrogens with two attached hydrogens (primary N) is 1. The summed E-state index contributed by atoms with van der Waals surface area (Å²) in [6.07, 6.45) is 0. The maximum absolute atomic E-state index is 5.90. The van der Waals surface area contributed by atoms with Crippen LogP contribution in [0, 0.1) is 13.8 Å². The molecule has 2 heterocycles. The molecule has 0 bridgehead atoms. The third kappa shape index (κ3) is 2.31. The minimum atomic E-state index is -0.620. The Morgan fingerprint density at radius 1 is 1.24 bits per heavy atom. The Morgan fingerprint density at radius 2 is 1.94 bits per heavy atom. The first-order chi connectivity index (χ1) is 7.88. The molecule has 0 aliphatic carbocycles. The van der Waals surface area contributed by atoms with Gasteiger partial charge in [0.1, 0.15) is 0 Å². The van der Waals surface area contributed by atoms with Gasteiger partial charge >= 0.3 is 0 Å². The zero-order valence-electron chi connectivity index (χ0n) is 10.4. The lowest BCUT2D eigenvalue weighted by Crippen LogP contribution is -2.30. The number of hydrogen-bond acceptors (Lipinski definition) is 6. The summed E-state index contributed by atoms with van der Waals surface area (Å²) in [6.45, 7) is 7.36. The molecule has 0 fully saturated rings. The summed E-state index contributed by atoms with van der Waals surface area (Å²) >= 11 is 0. The van der Waals surface area contributed by atoms with E-state index in [2.05, 4.69) is 20.3 Å². The number of nitrogens with zero attached hydrogens (tertiary/aromatic N) is 4. The van der Waals surface area contributed by atoms with Crippen LogP contribution in [-0.4, -0.2) is 20.3 Å². The normalized spacial score (nSPS) is 11.8. The van der Waals surface area contributed by atoms with E-state index in [1.165, 1.54) is 0 Å². The van der Waals surface area contributed by atoms with Crippen LogP contribution >= 0.6 is 0 Å². The van der Waals surface area contributed by atoms with Gasteiger partial charge in [-0.1, -0.05) is 5.16 Å². The quantitative estimate of drug-likeness (QED) is 0.841. The maximum Gasteiger partial charge on any atom is 0.259 e. The largest absolute Gasteiger partial charge is 0.334 e. The Balaban J connectivity index is 2.47. The van der Waals surface area contributed by atoms with Crippen molar-refractivity contribution in [3.05, 3.63) is 23.3 Å². The van der Waals surface area contributed by atoms with Gasteiger partial charge in [-0.25, -0.2) is 0 Å². The Kier molecular flexibility index (Phi) is 2.66. The molecule has 0 aromatic carbocycles. The van der Waals surface area contributed by atoms with Gasteiger partial charge in [-0.3, -0.25) is 0 Å². The van der Waals surface area contributed by atoms with Crippen LogP contribution in [0.25, 0.3) is 11.5 Å². The first kappa shape index (κ1) is 11.7. The Morgan fingerprint density at radius 3 is 2.53 bits per heavy atom. The second-order valence-electron chi connectivity index (χ2n) is 4.63. The Labute approximate surface area is 99.2 Å². The van der Waals surface area contributed by atoms with Gasteiger partial charge < -0.3 is 10.3 Å². The first-order valence-corrected chi connectivity index (χ1v) is 5.32. The maximum atomic E-state index is 5.90. The smallest absolute Gasteiger partial charge is 0.259 e. The number of aromatic nitrogens is 4. The van der Waals surface area contributed by atoms with Crippen molar-refractivity contribution in [1.82, 2.24) is 20.3 Å². The van der Waals surface area contributed by atoms with Crippen molar-refractivity contribution in [2.24, 2.45) is 5.73 Å². The highest BCUT2D eigenvalue weighted by Gasteiger charge is 2.22. The summed E-state index contributed by atoms with van der Waals surface area (Å²) in [5.41, 5.74) is 7.63. The van der Waals surface area contributed by atoms with E-state index < -0.39 is 5.54 Å². The molecule has 2 aromatic rings. The van der Waals surface area contributed by atoms with E-state index in [1.807, 2.05) is 33.8 Å². The molecule has 6 nitrogen and oxygen atoms in total. The molecule has 2 rings (SSSR count). The zero-order chi connectivity index (χ0) is 12.6. The molecule has 0 aliphatic rings. The SMILES string of the molecule is Cc1cc(-c2nc(C(C)(C)N)no2)c(C)nn1. The first-order valence-electron chi connectivity index (χ1n) is 5.32. The van der Waals surface area contributed by atoms with Crippen LogP contribution in [0.1, 0.15) is 31.1 Å². The van der Waals surface area contributed by atoms with Crippen molar-refractivity contribution in [2.45, 2.75) is 33.2 Å². The third-order valence-electron chi connectivity index (χ3n) is 2.33. The second-order valence-corrected chi connectivity index (χ2v) is 4.63. The molecule has 2 aromatic heterocycles. The molecule has 0 atom stereocenters. The molecule has 0 saturated heterocycles. The van der Waals surface area contributed by atoms with Crippen LogP contribution in [0.5, 0.6) is 0 Å². The summed E-state index contributed by atoms with van der Waals surface area (Å²) in [5.74, 6) is 0.899. The fourth-order valence-electron chi connectivity index (χ4n) is 1.36. The molecule has 0 aliphatic heterocycles. The van der Waals surface area contributed by atoms with Crippen LogP contribution in [0.2, 0.25) is 0 Å². The lowest BCUT2D eigenvalue weighted by atomic mass is 10.1. The number of aryl methyl sites for hydroxylation is 2. The topological polar surface area (TPSA) is 90.7 Å². The summed E-state index contributed by atoms with van der Waals surface area (Å²) in [5, 5.41) is 11.8. The van der Waals surface area contributed by atoms with Gasteiger partial charge in [0.25, 0.3) is 5.89 Å². The van der Waals surface area contributed by atoms with Crippen molar-refractivity contribution < 1.29 is 4.52 Å². The van der Waals surface area contributed by atoms with Crippen molar-refractivity contribution >= 4 is 0 Å². The lowest BCUT2D eigenvalue weighted by Gasteiger charge is -2.11. The molecular weight excluding hydrogens is 218 g/mol. The highest BCUT2D eigenvalue weighted by Crippen LogP contribution is 2.22. The number of hydrogen-bond donors (Lipinski definition) is 1.